The number of likely N-dealkylation sites (N-methyl/N-ethyl adjacent to an activating group) is 1. The Kier molecular flexibility index (Phi) is 16.0. The minimum absolute atomic E-state index is 0.0111. The van der Waals surface area contributed by atoms with Crippen molar-refractivity contribution < 1.29 is 73.1 Å². The van der Waals surface area contributed by atoms with E-state index in [4.69, 9.17) is 39.3 Å². The van der Waals surface area contributed by atoms with Crippen LogP contribution in [0.5, 0.6) is 11.5 Å². The number of nitrogens with one attached hydrogen (secondary N) is 2. The van der Waals surface area contributed by atoms with E-state index in [9.17, 15) is 44.7 Å². The number of pyridine rings is 1. The number of para-hydroxylation sites is 2. The summed E-state index contributed by atoms with van der Waals surface area (Å²) in [5, 5.41) is 60.2. The second-order valence-corrected chi connectivity index (χ2v) is 24.7. The maximum Gasteiger partial charge on any atom is 0.409 e. The zero-order chi connectivity index (χ0) is 59.3. The van der Waals surface area contributed by atoms with Crippen molar-refractivity contribution in [3.8, 4) is 34.0 Å². The summed E-state index contributed by atoms with van der Waals surface area (Å²) in [5.41, 5.74) is 9.84. The first-order chi connectivity index (χ1) is 40.1. The van der Waals surface area contributed by atoms with E-state index in [0.717, 1.165) is 59.8 Å². The van der Waals surface area contributed by atoms with Gasteiger partial charge in [-0.25, -0.2) is 24.4 Å². The van der Waals surface area contributed by atoms with Crippen molar-refractivity contribution in [2.24, 2.45) is 22.0 Å². The van der Waals surface area contributed by atoms with E-state index in [2.05, 4.69) is 34.1 Å². The number of aliphatic hydroxyl groups is 3. The van der Waals surface area contributed by atoms with Gasteiger partial charge >= 0.3 is 18.0 Å². The molecule has 2 amide bonds. The number of nitrogens with zero attached hydrogens (tertiary/aromatic N) is 5. The van der Waals surface area contributed by atoms with Gasteiger partial charge in [-0.1, -0.05) is 49.4 Å². The smallest absolute Gasteiger partial charge is 0.409 e. The number of hydrogen-bond donors (Lipinski definition) is 8. The topological polar surface area (TPSA) is 325 Å². The van der Waals surface area contributed by atoms with E-state index < -0.39 is 54.3 Å². The monoisotopic (exact) mass is 1170 g/mol. The van der Waals surface area contributed by atoms with Gasteiger partial charge in [0.2, 0.25) is 6.29 Å². The predicted molar refractivity (Wildman–Crippen MR) is 307 cm³/mol. The fourth-order valence-corrected chi connectivity index (χ4v) is 15.0. The van der Waals surface area contributed by atoms with Gasteiger partial charge in [-0.05, 0) is 110 Å². The van der Waals surface area contributed by atoms with Crippen LogP contribution in [-0.4, -0.2) is 162 Å². The third kappa shape index (κ3) is 11.8. The zero-order valence-corrected chi connectivity index (χ0v) is 47.7. The fourth-order valence-electron chi connectivity index (χ4n) is 14.2. The van der Waals surface area contributed by atoms with Crippen molar-refractivity contribution in [1.29, 1.82) is 0 Å². The summed E-state index contributed by atoms with van der Waals surface area (Å²) in [7, 11) is 1.63. The SMILES string of the molecule is Cc1c(-c2ccc(-c3cc4cccc(C(=O)Nc5nc6ccccc6s5)c4[nH]3)nc2C(=O)O)cnn1CC12CC3(C)CC(C)(C1)CC(OCCN(C)C(=O)OCc1ccc(O[C@@H]4O[C@H](C(=O)O)[C@@H](O)[C@H](O)[C@H]4O)cc1OCCOCCN)(C3)C2. The average molecular weight is 1170 g/mol. The minimum Gasteiger partial charge on any atom is -0.491 e. The van der Waals surface area contributed by atoms with Gasteiger partial charge in [-0.2, -0.15) is 5.10 Å². The first-order valence-corrected chi connectivity index (χ1v) is 28.7. The summed E-state index contributed by atoms with van der Waals surface area (Å²) in [5.74, 6) is -2.79. The third-order valence-corrected chi connectivity index (χ3v) is 17.6. The Bertz CT molecular complexity index is 3590. The molecule has 84 heavy (non-hydrogen) atoms. The number of hydrogen-bond acceptors (Lipinski definition) is 18. The van der Waals surface area contributed by atoms with Crippen LogP contribution in [-0.2, 0) is 36.9 Å². The first-order valence-electron chi connectivity index (χ1n) is 27.9. The normalized spacial score (nSPS) is 26.1. The van der Waals surface area contributed by atoms with Crippen molar-refractivity contribution in [3.05, 3.63) is 108 Å². The second-order valence-electron chi connectivity index (χ2n) is 23.7. The summed E-state index contributed by atoms with van der Waals surface area (Å²) < 4.78 is 38.1. The molecule has 7 aromatic rings. The van der Waals surface area contributed by atoms with Crippen LogP contribution in [0.2, 0.25) is 0 Å². The van der Waals surface area contributed by atoms with E-state index in [1.807, 2.05) is 48.0 Å². The van der Waals surface area contributed by atoms with Crippen LogP contribution in [0.4, 0.5) is 9.93 Å². The van der Waals surface area contributed by atoms with Crippen LogP contribution < -0.4 is 20.5 Å². The number of ether oxygens (including phenoxy) is 6. The van der Waals surface area contributed by atoms with E-state index >= 15 is 0 Å². The lowest BCUT2D eigenvalue weighted by Gasteiger charge is -2.69. The molecule has 23 nitrogen and oxygen atoms in total. The maximum atomic E-state index is 13.6. The van der Waals surface area contributed by atoms with Gasteiger partial charge in [0, 0.05) is 60.5 Å². The molecule has 9 N–H and O–H groups in total. The average Bonchev–Trinajstić information content (AvgIpc) is 0.849. The number of carbonyl (C=O) groups excluding carboxylic acids is 2. The first kappa shape index (κ1) is 58.2. The quantitative estimate of drug-likeness (QED) is 0.0317. The number of H-pyrrole nitrogens is 1. The molecule has 5 aliphatic rings. The highest BCUT2D eigenvalue weighted by atomic mass is 32.1. The van der Waals surface area contributed by atoms with Crippen LogP contribution >= 0.6 is 11.3 Å². The van der Waals surface area contributed by atoms with Crippen molar-refractivity contribution in [1.82, 2.24) is 29.6 Å². The summed E-state index contributed by atoms with van der Waals surface area (Å²) >= 11 is 1.39. The molecule has 12 rings (SSSR count). The van der Waals surface area contributed by atoms with Crippen molar-refractivity contribution in [2.45, 2.75) is 109 Å². The molecule has 3 aromatic carbocycles. The Labute approximate surface area is 486 Å². The Morgan fingerprint density at radius 1 is 0.869 bits per heavy atom. The molecule has 7 atom stereocenters. The molecule has 2 unspecified atom stereocenters. The number of carbonyl (C=O) groups is 4. The standard InChI is InChI=1S/C60H68N8O15S/c1-33-39(37-14-15-40(63-46(37)52(73)74)42-22-34-8-7-9-38(45(34)64-42)51(72)66-55-65-41-10-5-6-11-44(41)84-55)24-62-68(33)32-59-27-57(2)26-58(3,28-59)30-60(29-57,31-59)81-19-17-67(4)56(77)80-25-35-12-13-36(23-43(35)79-21-20-78-18-16-61)82-54-49(71)47(69)48(70)50(83-54)53(75)76/h5-15,22-24,47-50,54,64,69-71H,16-21,25-32,61H2,1-4H3,(H,73,74)(H,75,76)(H,65,66,72)/t47-,48-,49+,50-,54+,57?,58?,59?,60?/m0/s1. The lowest BCUT2D eigenvalue weighted by atomic mass is 9.39. The number of carboxylic acids is 2. The van der Waals surface area contributed by atoms with Crippen LogP contribution in [0.25, 0.3) is 43.6 Å². The highest BCUT2D eigenvalue weighted by molar-refractivity contribution is 7.22. The van der Waals surface area contributed by atoms with Crippen LogP contribution in [0.1, 0.15) is 84.5 Å². The van der Waals surface area contributed by atoms with E-state index in [-0.39, 0.29) is 72.3 Å². The number of aromatic nitrogens is 5. The van der Waals surface area contributed by atoms with Gasteiger partial charge in [-0.3, -0.25) is 14.8 Å². The summed E-state index contributed by atoms with van der Waals surface area (Å²) in [6.45, 7) is 8.42. The number of benzene rings is 3. The predicted octanol–water partition coefficient (Wildman–Crippen LogP) is 6.99. The molecule has 444 valence electrons. The Balaban J connectivity index is 0.740. The molecule has 4 bridgehead atoms. The number of aliphatic carboxylic acids is 1. The molecule has 0 radical (unpaired) electrons. The molecule has 4 aromatic heterocycles. The molecular weight excluding hydrogens is 1100 g/mol. The molecule has 4 saturated carbocycles. The zero-order valence-electron chi connectivity index (χ0n) is 46.9. The van der Waals surface area contributed by atoms with Gasteiger partial charge in [0.1, 0.15) is 43.0 Å². The van der Waals surface area contributed by atoms with Gasteiger partial charge < -0.3 is 69.6 Å². The Morgan fingerprint density at radius 2 is 1.65 bits per heavy atom. The van der Waals surface area contributed by atoms with Crippen LogP contribution in [0, 0.1) is 23.2 Å². The van der Waals surface area contributed by atoms with Crippen LogP contribution in [0.15, 0.2) is 85.1 Å². The van der Waals surface area contributed by atoms with Gasteiger partial charge in [-0.15, -0.1) is 0 Å². The number of rotatable bonds is 22. The van der Waals surface area contributed by atoms with Crippen molar-refractivity contribution in [2.75, 3.05) is 51.9 Å². The highest BCUT2D eigenvalue weighted by Crippen LogP contribution is 2.72. The maximum absolute atomic E-state index is 13.6. The van der Waals surface area contributed by atoms with E-state index in [1.54, 1.807) is 43.6 Å². The summed E-state index contributed by atoms with van der Waals surface area (Å²) in [6, 6.07) is 22.9. The minimum atomic E-state index is -1.89. The van der Waals surface area contributed by atoms with E-state index in [1.165, 1.54) is 28.4 Å². The lowest BCUT2D eigenvalue weighted by molar-refractivity contribution is -0.271. The van der Waals surface area contributed by atoms with Crippen LogP contribution in [0.3, 0.4) is 0 Å². The summed E-state index contributed by atoms with van der Waals surface area (Å²) in [4.78, 5) is 65.9. The van der Waals surface area contributed by atoms with Gasteiger partial charge in [0.15, 0.2) is 16.9 Å². The number of anilines is 1. The van der Waals surface area contributed by atoms with Crippen molar-refractivity contribution in [3.63, 3.8) is 0 Å². The Morgan fingerprint density at radius 3 is 2.40 bits per heavy atom. The fraction of sp³-hybridized carbons (Fsp3) is 0.450. The molecule has 5 fully saturated rings. The van der Waals surface area contributed by atoms with Crippen molar-refractivity contribution >= 4 is 61.5 Å². The number of aromatic carboxylic acids is 1. The van der Waals surface area contributed by atoms with E-state index in [0.29, 0.717) is 64.0 Å². The summed E-state index contributed by atoms with van der Waals surface area (Å²) in [6.07, 6.45) is -2.41. The number of carboxylic acid groups (broad SMARTS) is 2. The largest absolute Gasteiger partial charge is 0.491 e. The van der Waals surface area contributed by atoms with Gasteiger partial charge in [0.25, 0.3) is 5.91 Å². The number of nitrogens with two attached hydrogens (primary N) is 1. The number of amides is 2. The second kappa shape index (κ2) is 23.1. The molecule has 1 aliphatic heterocycles. The molecular formula is C60H68N8O15S. The molecule has 24 heteroatoms. The number of fused-ring (bicyclic) bond motifs is 2. The Hall–Kier alpha value is -7.55. The molecule has 0 spiro atoms. The molecule has 4 aliphatic carbocycles. The lowest BCUT2D eigenvalue weighted by Crippen LogP contribution is -2.64. The van der Waals surface area contributed by atoms with Gasteiger partial charge in [0.05, 0.1) is 64.3 Å². The number of aliphatic hydroxyl groups excluding tert-OH is 3. The highest BCUT2D eigenvalue weighted by Gasteiger charge is 2.66. The third-order valence-electron chi connectivity index (χ3n) is 16.7. The molecule has 5 heterocycles. The number of aromatic amines is 1. The molecule has 1 saturated heterocycles. The number of thiazole rings is 1.